The third-order valence-electron chi connectivity index (χ3n) is 3.42. The number of nitrogens with zero attached hydrogens (tertiary/aromatic N) is 2. The van der Waals surface area contributed by atoms with Gasteiger partial charge in [0.1, 0.15) is 5.69 Å². The second-order valence-electron chi connectivity index (χ2n) is 4.78. The monoisotopic (exact) mass is 250 g/mol. The van der Waals surface area contributed by atoms with E-state index in [0.717, 1.165) is 51.5 Å². The summed E-state index contributed by atoms with van der Waals surface area (Å²) in [6.07, 6.45) is 4.68. The van der Waals surface area contributed by atoms with Gasteiger partial charge in [-0.3, -0.25) is 4.79 Å². The summed E-state index contributed by atoms with van der Waals surface area (Å²) in [5, 5.41) is 6.22. The van der Waals surface area contributed by atoms with Crippen LogP contribution in [0.15, 0.2) is 6.20 Å². The molecule has 1 amide bonds. The van der Waals surface area contributed by atoms with Crippen LogP contribution in [-0.2, 0) is 11.3 Å². The van der Waals surface area contributed by atoms with E-state index in [4.69, 9.17) is 4.74 Å². The number of imidazole rings is 1. The molecule has 2 N–H and O–H groups in total. The van der Waals surface area contributed by atoms with Crippen molar-refractivity contribution in [2.45, 2.75) is 31.8 Å². The Morgan fingerprint density at radius 3 is 3.11 bits per heavy atom. The molecule has 0 atom stereocenters. The predicted octanol–water partition coefficient (Wildman–Crippen LogP) is 0.607. The smallest absolute Gasteiger partial charge is 0.271 e. The molecule has 18 heavy (non-hydrogen) atoms. The van der Waals surface area contributed by atoms with Gasteiger partial charge in [0.15, 0.2) is 0 Å². The van der Waals surface area contributed by atoms with Crippen molar-refractivity contribution in [2.75, 3.05) is 25.1 Å². The zero-order valence-electron chi connectivity index (χ0n) is 10.3. The fourth-order valence-corrected chi connectivity index (χ4v) is 2.39. The minimum absolute atomic E-state index is 0.0781. The van der Waals surface area contributed by atoms with E-state index < -0.39 is 0 Å². The molecule has 6 nitrogen and oxygen atoms in total. The van der Waals surface area contributed by atoms with Crippen LogP contribution in [-0.4, -0.2) is 41.3 Å². The summed E-state index contributed by atoms with van der Waals surface area (Å²) in [5.41, 5.74) is 0.505. The fraction of sp³-hybridized carbons (Fsp3) is 0.667. The third-order valence-corrected chi connectivity index (χ3v) is 3.42. The molecular weight excluding hydrogens is 232 g/mol. The molecular formula is C12H18N4O2. The number of carbonyl (C=O) groups is 1. The average Bonchev–Trinajstić information content (AvgIpc) is 2.84. The zero-order valence-corrected chi connectivity index (χ0v) is 10.3. The zero-order chi connectivity index (χ0) is 12.4. The summed E-state index contributed by atoms with van der Waals surface area (Å²) in [5.74, 6) is 0.726. The molecule has 2 aliphatic heterocycles. The van der Waals surface area contributed by atoms with Crippen LogP contribution in [0.2, 0.25) is 0 Å². The SMILES string of the molecule is O=C(NC1CCOCC1)c1cn2c(n1)NCCC2. The van der Waals surface area contributed by atoms with Gasteiger partial charge in [0.25, 0.3) is 5.91 Å². The average molecular weight is 250 g/mol. The molecule has 0 aliphatic carbocycles. The number of ether oxygens (including phenoxy) is 1. The van der Waals surface area contributed by atoms with E-state index >= 15 is 0 Å². The van der Waals surface area contributed by atoms with Gasteiger partial charge in [-0.15, -0.1) is 0 Å². The molecule has 0 radical (unpaired) electrons. The van der Waals surface area contributed by atoms with E-state index in [-0.39, 0.29) is 11.9 Å². The summed E-state index contributed by atoms with van der Waals surface area (Å²) in [6, 6.07) is 0.220. The van der Waals surface area contributed by atoms with Crippen LogP contribution in [0.4, 0.5) is 5.95 Å². The summed E-state index contributed by atoms with van der Waals surface area (Å²) in [6.45, 7) is 3.32. The minimum atomic E-state index is -0.0781. The van der Waals surface area contributed by atoms with Crippen molar-refractivity contribution >= 4 is 11.9 Å². The predicted molar refractivity (Wildman–Crippen MR) is 66.6 cm³/mol. The number of aromatic nitrogens is 2. The molecule has 1 aromatic rings. The van der Waals surface area contributed by atoms with Gasteiger partial charge in [-0.2, -0.15) is 0 Å². The second kappa shape index (κ2) is 4.97. The highest BCUT2D eigenvalue weighted by Crippen LogP contribution is 2.14. The molecule has 98 valence electrons. The lowest BCUT2D eigenvalue weighted by Crippen LogP contribution is -2.39. The second-order valence-corrected chi connectivity index (χ2v) is 4.78. The first kappa shape index (κ1) is 11.5. The summed E-state index contributed by atoms with van der Waals surface area (Å²) < 4.78 is 7.27. The van der Waals surface area contributed by atoms with Gasteiger partial charge < -0.3 is 19.9 Å². The van der Waals surface area contributed by atoms with Crippen molar-refractivity contribution in [1.29, 1.82) is 0 Å². The number of nitrogens with one attached hydrogen (secondary N) is 2. The van der Waals surface area contributed by atoms with Crippen LogP contribution in [0.3, 0.4) is 0 Å². The van der Waals surface area contributed by atoms with Gasteiger partial charge in [-0.05, 0) is 19.3 Å². The molecule has 3 heterocycles. The number of fused-ring (bicyclic) bond motifs is 1. The quantitative estimate of drug-likeness (QED) is 0.807. The molecule has 1 aromatic heterocycles. The van der Waals surface area contributed by atoms with Crippen molar-refractivity contribution in [3.8, 4) is 0 Å². The molecule has 6 heteroatoms. The summed E-state index contributed by atoms with van der Waals surface area (Å²) >= 11 is 0. The van der Waals surface area contributed by atoms with Crippen LogP contribution in [0.25, 0.3) is 0 Å². The lowest BCUT2D eigenvalue weighted by Gasteiger charge is -2.22. The Hall–Kier alpha value is -1.56. The van der Waals surface area contributed by atoms with E-state index in [9.17, 15) is 4.79 Å². The molecule has 0 aromatic carbocycles. The molecule has 1 saturated heterocycles. The van der Waals surface area contributed by atoms with Crippen LogP contribution >= 0.6 is 0 Å². The van der Waals surface area contributed by atoms with E-state index in [1.54, 1.807) is 0 Å². The topological polar surface area (TPSA) is 68.2 Å². The maximum atomic E-state index is 12.1. The highest BCUT2D eigenvalue weighted by molar-refractivity contribution is 5.92. The number of amides is 1. The van der Waals surface area contributed by atoms with Gasteiger partial charge in [0.05, 0.1) is 0 Å². The Balaban J connectivity index is 1.66. The Labute approximate surface area is 106 Å². The highest BCUT2D eigenvalue weighted by Gasteiger charge is 2.20. The minimum Gasteiger partial charge on any atom is -0.381 e. The van der Waals surface area contributed by atoms with Crippen LogP contribution in [0, 0.1) is 0 Å². The molecule has 0 unspecified atom stereocenters. The fourth-order valence-electron chi connectivity index (χ4n) is 2.39. The maximum Gasteiger partial charge on any atom is 0.271 e. The number of hydrogen-bond donors (Lipinski definition) is 2. The Bertz CT molecular complexity index is 414. The largest absolute Gasteiger partial charge is 0.381 e. The number of aryl methyl sites for hydroxylation is 1. The Morgan fingerprint density at radius 1 is 1.50 bits per heavy atom. The number of hydrogen-bond acceptors (Lipinski definition) is 4. The number of rotatable bonds is 2. The van der Waals surface area contributed by atoms with E-state index in [1.807, 2.05) is 10.8 Å². The molecule has 1 fully saturated rings. The van der Waals surface area contributed by atoms with Crippen molar-refractivity contribution in [3.05, 3.63) is 11.9 Å². The van der Waals surface area contributed by atoms with Crippen molar-refractivity contribution in [2.24, 2.45) is 0 Å². The summed E-state index contributed by atoms with van der Waals surface area (Å²) in [4.78, 5) is 16.4. The van der Waals surface area contributed by atoms with Gasteiger partial charge in [0, 0.05) is 38.5 Å². The standard InChI is InChI=1S/C12H18N4O2/c17-11(14-9-2-6-18-7-3-9)10-8-16-5-1-4-13-12(16)15-10/h8-9H,1-7H2,(H,13,15)(H,14,17). The maximum absolute atomic E-state index is 12.1. The van der Waals surface area contributed by atoms with E-state index in [2.05, 4.69) is 15.6 Å². The van der Waals surface area contributed by atoms with Gasteiger partial charge in [-0.25, -0.2) is 4.98 Å². The third kappa shape index (κ3) is 2.33. The molecule has 3 rings (SSSR count). The van der Waals surface area contributed by atoms with Crippen molar-refractivity contribution < 1.29 is 9.53 Å². The summed E-state index contributed by atoms with van der Waals surface area (Å²) in [7, 11) is 0. The number of carbonyl (C=O) groups excluding carboxylic acids is 1. The first-order chi connectivity index (χ1) is 8.83. The van der Waals surface area contributed by atoms with Gasteiger partial charge >= 0.3 is 0 Å². The van der Waals surface area contributed by atoms with E-state index in [0.29, 0.717) is 5.69 Å². The molecule has 2 aliphatic rings. The normalized spacial score (nSPS) is 20.0. The lowest BCUT2D eigenvalue weighted by molar-refractivity contribution is 0.0694. The van der Waals surface area contributed by atoms with Crippen molar-refractivity contribution in [1.82, 2.24) is 14.9 Å². The number of anilines is 1. The molecule has 0 saturated carbocycles. The molecule has 0 bridgehead atoms. The van der Waals surface area contributed by atoms with Crippen LogP contribution in [0.5, 0.6) is 0 Å². The molecule has 0 spiro atoms. The van der Waals surface area contributed by atoms with Crippen molar-refractivity contribution in [3.63, 3.8) is 0 Å². The van der Waals surface area contributed by atoms with Gasteiger partial charge in [0.2, 0.25) is 5.95 Å². The highest BCUT2D eigenvalue weighted by atomic mass is 16.5. The Morgan fingerprint density at radius 2 is 2.33 bits per heavy atom. The van der Waals surface area contributed by atoms with Gasteiger partial charge in [-0.1, -0.05) is 0 Å². The first-order valence-electron chi connectivity index (χ1n) is 6.52. The first-order valence-corrected chi connectivity index (χ1v) is 6.52. The Kier molecular flexibility index (Phi) is 3.19. The lowest BCUT2D eigenvalue weighted by atomic mass is 10.1. The van der Waals surface area contributed by atoms with Crippen LogP contribution < -0.4 is 10.6 Å². The van der Waals surface area contributed by atoms with E-state index in [1.165, 1.54) is 0 Å². The van der Waals surface area contributed by atoms with Crippen LogP contribution in [0.1, 0.15) is 29.8 Å².